The second-order valence-electron chi connectivity index (χ2n) is 5.68. The zero-order valence-electron chi connectivity index (χ0n) is 13.5. The van der Waals surface area contributed by atoms with E-state index in [1.54, 1.807) is 12.1 Å². The highest BCUT2D eigenvalue weighted by atomic mass is 35.5. The van der Waals surface area contributed by atoms with E-state index in [0.717, 1.165) is 22.2 Å². The first kappa shape index (κ1) is 16.2. The van der Waals surface area contributed by atoms with Gasteiger partial charge in [-0.05, 0) is 53.9 Å². The number of nitrogens with one attached hydrogen (secondary N) is 1. The van der Waals surface area contributed by atoms with Gasteiger partial charge in [0.05, 0.1) is 16.3 Å². The largest absolute Gasteiger partial charge is 0.272 e. The normalized spacial score (nSPS) is 11.5. The van der Waals surface area contributed by atoms with Gasteiger partial charge in [0.25, 0.3) is 5.91 Å². The molecular weight excluding hydrogens is 320 g/mol. The van der Waals surface area contributed by atoms with E-state index in [1.807, 2.05) is 44.2 Å². The minimum absolute atomic E-state index is 0.319. The third-order valence-corrected chi connectivity index (χ3v) is 4.17. The quantitative estimate of drug-likeness (QED) is 0.533. The van der Waals surface area contributed by atoms with Gasteiger partial charge in [-0.25, -0.2) is 5.43 Å². The minimum Gasteiger partial charge on any atom is -0.267 e. The molecule has 0 atom stereocenters. The second-order valence-corrected chi connectivity index (χ2v) is 6.09. The minimum atomic E-state index is -0.319. The molecule has 0 aliphatic rings. The molecule has 4 heteroatoms. The Morgan fingerprint density at radius 2 is 1.75 bits per heavy atom. The van der Waals surface area contributed by atoms with Gasteiger partial charge in [0, 0.05) is 0 Å². The molecule has 0 radical (unpaired) electrons. The lowest BCUT2D eigenvalue weighted by molar-refractivity contribution is 0.0955. The van der Waals surface area contributed by atoms with Gasteiger partial charge in [0.2, 0.25) is 0 Å². The highest BCUT2D eigenvalue weighted by molar-refractivity contribution is 6.33. The van der Waals surface area contributed by atoms with Crippen molar-refractivity contribution in [2.45, 2.75) is 13.8 Å². The van der Waals surface area contributed by atoms with Crippen LogP contribution in [-0.4, -0.2) is 11.6 Å². The Morgan fingerprint density at radius 3 is 2.50 bits per heavy atom. The Morgan fingerprint density at radius 1 is 1.00 bits per heavy atom. The van der Waals surface area contributed by atoms with Crippen LogP contribution in [-0.2, 0) is 0 Å². The van der Waals surface area contributed by atoms with Crippen LogP contribution in [0.5, 0.6) is 0 Å². The summed E-state index contributed by atoms with van der Waals surface area (Å²) in [7, 11) is 0. The van der Waals surface area contributed by atoms with Crippen LogP contribution in [0.4, 0.5) is 0 Å². The van der Waals surface area contributed by atoms with Crippen molar-refractivity contribution < 1.29 is 4.79 Å². The molecule has 1 amide bonds. The van der Waals surface area contributed by atoms with E-state index in [2.05, 4.69) is 28.7 Å². The first-order valence-electron chi connectivity index (χ1n) is 7.64. The van der Waals surface area contributed by atoms with Crippen LogP contribution in [0.3, 0.4) is 0 Å². The number of benzene rings is 3. The summed E-state index contributed by atoms with van der Waals surface area (Å²) in [6, 6.07) is 19.5. The number of hydrogen-bond acceptors (Lipinski definition) is 2. The number of aryl methyl sites for hydroxylation is 1. The maximum Gasteiger partial charge on any atom is 0.272 e. The van der Waals surface area contributed by atoms with Crippen LogP contribution < -0.4 is 5.43 Å². The Labute approximate surface area is 146 Å². The fourth-order valence-electron chi connectivity index (χ4n) is 2.48. The predicted molar refractivity (Wildman–Crippen MR) is 99.8 cm³/mol. The van der Waals surface area contributed by atoms with Gasteiger partial charge in [0.1, 0.15) is 0 Å². The lowest BCUT2D eigenvalue weighted by Crippen LogP contribution is -2.19. The summed E-state index contributed by atoms with van der Waals surface area (Å²) < 4.78 is 0. The molecule has 0 saturated carbocycles. The third-order valence-electron chi connectivity index (χ3n) is 3.86. The molecule has 0 spiro atoms. The molecule has 3 aromatic rings. The molecule has 0 aliphatic carbocycles. The fraction of sp³-hybridized carbons (Fsp3) is 0.100. The molecule has 0 bridgehead atoms. The lowest BCUT2D eigenvalue weighted by Gasteiger charge is -2.06. The van der Waals surface area contributed by atoms with E-state index in [1.165, 1.54) is 5.39 Å². The van der Waals surface area contributed by atoms with Crippen LogP contribution in [0.25, 0.3) is 10.8 Å². The van der Waals surface area contributed by atoms with Crippen molar-refractivity contribution in [1.82, 2.24) is 5.43 Å². The SMILES string of the molecule is C/C(=N\NC(=O)c1ccc(C)cc1Cl)c1ccc2ccccc2c1. The molecule has 1 N–H and O–H groups in total. The van der Waals surface area contributed by atoms with Gasteiger partial charge in [-0.1, -0.05) is 54.1 Å². The molecule has 0 aliphatic heterocycles. The summed E-state index contributed by atoms with van der Waals surface area (Å²) in [4.78, 5) is 12.2. The molecule has 0 unspecified atom stereocenters. The zero-order chi connectivity index (χ0) is 17.1. The molecule has 0 aromatic heterocycles. The molecular formula is C20H17ClN2O. The van der Waals surface area contributed by atoms with Gasteiger partial charge in [-0.2, -0.15) is 5.10 Å². The number of amides is 1. The average Bonchev–Trinajstić information content (AvgIpc) is 2.59. The lowest BCUT2D eigenvalue weighted by atomic mass is 10.0. The Bertz CT molecular complexity index is 947. The van der Waals surface area contributed by atoms with Crippen molar-refractivity contribution >= 4 is 34.0 Å². The summed E-state index contributed by atoms with van der Waals surface area (Å²) in [6.07, 6.45) is 0. The number of carbonyl (C=O) groups excluding carboxylic acids is 1. The van der Waals surface area contributed by atoms with E-state index in [0.29, 0.717) is 10.6 Å². The monoisotopic (exact) mass is 336 g/mol. The van der Waals surface area contributed by atoms with E-state index in [-0.39, 0.29) is 5.91 Å². The number of carbonyl (C=O) groups is 1. The van der Waals surface area contributed by atoms with Crippen LogP contribution in [0.1, 0.15) is 28.4 Å². The standard InChI is InChI=1S/C20H17ClN2O/c1-13-7-10-18(19(21)11-13)20(24)23-22-14(2)16-9-8-15-5-3-4-6-17(15)12-16/h3-12H,1-2H3,(H,23,24)/b22-14+. The summed E-state index contributed by atoms with van der Waals surface area (Å²) >= 11 is 6.11. The third kappa shape index (κ3) is 3.47. The van der Waals surface area contributed by atoms with Gasteiger partial charge in [-0.15, -0.1) is 0 Å². The molecule has 24 heavy (non-hydrogen) atoms. The van der Waals surface area contributed by atoms with E-state index >= 15 is 0 Å². The number of halogens is 1. The van der Waals surface area contributed by atoms with E-state index < -0.39 is 0 Å². The molecule has 0 fully saturated rings. The Balaban J connectivity index is 1.80. The second kappa shape index (κ2) is 6.85. The number of hydrazone groups is 1. The van der Waals surface area contributed by atoms with Crippen molar-refractivity contribution in [2.75, 3.05) is 0 Å². The molecule has 3 aromatic carbocycles. The highest BCUT2D eigenvalue weighted by Gasteiger charge is 2.10. The summed E-state index contributed by atoms with van der Waals surface area (Å²) in [5, 5.41) is 6.93. The topological polar surface area (TPSA) is 41.5 Å². The molecule has 3 nitrogen and oxygen atoms in total. The molecule has 0 heterocycles. The van der Waals surface area contributed by atoms with Crippen molar-refractivity contribution in [3.63, 3.8) is 0 Å². The summed E-state index contributed by atoms with van der Waals surface area (Å²) in [5.74, 6) is -0.319. The predicted octanol–water partition coefficient (Wildman–Crippen LogP) is 4.96. The van der Waals surface area contributed by atoms with Gasteiger partial charge in [0.15, 0.2) is 0 Å². The number of nitrogens with zero attached hydrogens (tertiary/aromatic N) is 1. The summed E-state index contributed by atoms with van der Waals surface area (Å²) in [5.41, 5.74) is 5.69. The van der Waals surface area contributed by atoms with Crippen LogP contribution in [0.15, 0.2) is 65.8 Å². The van der Waals surface area contributed by atoms with Gasteiger partial charge < -0.3 is 0 Å². The van der Waals surface area contributed by atoms with E-state index in [9.17, 15) is 4.79 Å². The molecule has 120 valence electrons. The van der Waals surface area contributed by atoms with Crippen molar-refractivity contribution in [2.24, 2.45) is 5.10 Å². The van der Waals surface area contributed by atoms with Crippen molar-refractivity contribution in [1.29, 1.82) is 0 Å². The number of hydrogen-bond donors (Lipinski definition) is 1. The highest BCUT2D eigenvalue weighted by Crippen LogP contribution is 2.18. The molecule has 0 saturated heterocycles. The van der Waals surface area contributed by atoms with E-state index in [4.69, 9.17) is 11.6 Å². The maximum absolute atomic E-state index is 12.2. The van der Waals surface area contributed by atoms with Crippen LogP contribution in [0, 0.1) is 6.92 Å². The zero-order valence-corrected chi connectivity index (χ0v) is 14.3. The van der Waals surface area contributed by atoms with Gasteiger partial charge >= 0.3 is 0 Å². The fourth-order valence-corrected chi connectivity index (χ4v) is 2.80. The smallest absolute Gasteiger partial charge is 0.267 e. The van der Waals surface area contributed by atoms with Gasteiger partial charge in [-0.3, -0.25) is 4.79 Å². The molecule has 3 rings (SSSR count). The maximum atomic E-state index is 12.2. The first-order valence-corrected chi connectivity index (χ1v) is 8.02. The first-order chi connectivity index (χ1) is 11.5. The van der Waals surface area contributed by atoms with Crippen molar-refractivity contribution in [3.05, 3.63) is 82.4 Å². The Hall–Kier alpha value is -2.65. The number of rotatable bonds is 3. The average molecular weight is 337 g/mol. The number of fused-ring (bicyclic) bond motifs is 1. The van der Waals surface area contributed by atoms with Crippen LogP contribution >= 0.6 is 11.6 Å². The Kier molecular flexibility index (Phi) is 4.63. The summed E-state index contributed by atoms with van der Waals surface area (Å²) in [6.45, 7) is 3.79. The van der Waals surface area contributed by atoms with Crippen LogP contribution in [0.2, 0.25) is 5.02 Å². The van der Waals surface area contributed by atoms with Crippen molar-refractivity contribution in [3.8, 4) is 0 Å².